The van der Waals surface area contributed by atoms with Crippen LogP contribution in [0.3, 0.4) is 0 Å². The van der Waals surface area contributed by atoms with Gasteiger partial charge in [0, 0.05) is 37.7 Å². The number of nitrogens with zero attached hydrogens (tertiary/aromatic N) is 2. The number of hydrogen-bond acceptors (Lipinski definition) is 5. The van der Waals surface area contributed by atoms with Crippen LogP contribution in [-0.4, -0.2) is 60.3 Å². The Labute approximate surface area is 166 Å². The van der Waals surface area contributed by atoms with Gasteiger partial charge in [-0.25, -0.2) is 4.79 Å². The van der Waals surface area contributed by atoms with Gasteiger partial charge in [-0.15, -0.1) is 0 Å². The van der Waals surface area contributed by atoms with E-state index in [9.17, 15) is 22.8 Å². The highest BCUT2D eigenvalue weighted by atomic mass is 19.4. The average molecular weight is 412 g/mol. The molecule has 10 heteroatoms. The maximum atomic E-state index is 13.0. The number of likely N-dealkylation sites (tertiary alicyclic amines) is 1. The molecule has 1 aliphatic carbocycles. The lowest BCUT2D eigenvalue weighted by atomic mass is 9.95. The van der Waals surface area contributed by atoms with E-state index < -0.39 is 17.7 Å². The normalized spacial score (nSPS) is 23.2. The van der Waals surface area contributed by atoms with Gasteiger partial charge in [-0.1, -0.05) is 0 Å². The molecule has 2 N–H and O–H groups in total. The van der Waals surface area contributed by atoms with Crippen LogP contribution in [0.1, 0.15) is 37.3 Å². The van der Waals surface area contributed by atoms with Crippen molar-refractivity contribution in [3.05, 3.63) is 24.0 Å². The van der Waals surface area contributed by atoms with Crippen LogP contribution in [0.15, 0.2) is 18.3 Å². The summed E-state index contributed by atoms with van der Waals surface area (Å²) in [4.78, 5) is 29.3. The summed E-state index contributed by atoms with van der Waals surface area (Å²) in [6, 6.07) is 3.42. The Balaban J connectivity index is 1.20. The summed E-state index contributed by atoms with van der Waals surface area (Å²) in [5.41, 5.74) is -0.195. The van der Waals surface area contributed by atoms with Crippen molar-refractivity contribution in [2.75, 3.05) is 31.6 Å². The van der Waals surface area contributed by atoms with Crippen LogP contribution < -0.4 is 10.6 Å². The second-order valence-corrected chi connectivity index (χ2v) is 8.08. The zero-order valence-corrected chi connectivity index (χ0v) is 15.8. The Hall–Kier alpha value is -2.52. The van der Waals surface area contributed by atoms with Crippen molar-refractivity contribution in [3.8, 4) is 0 Å². The van der Waals surface area contributed by atoms with Gasteiger partial charge in [-0.2, -0.15) is 13.2 Å². The molecule has 1 saturated carbocycles. The van der Waals surface area contributed by atoms with Crippen molar-refractivity contribution in [1.29, 1.82) is 0 Å². The number of nitrogens with one attached hydrogen (secondary N) is 2. The monoisotopic (exact) mass is 412 g/mol. The molecule has 0 unspecified atom stereocenters. The van der Waals surface area contributed by atoms with Gasteiger partial charge in [0.2, 0.25) is 5.91 Å². The van der Waals surface area contributed by atoms with Gasteiger partial charge in [0.15, 0.2) is 0 Å². The molecule has 0 radical (unpaired) electrons. The molecule has 3 heterocycles. The van der Waals surface area contributed by atoms with E-state index in [2.05, 4.69) is 15.6 Å². The molecule has 3 aliphatic rings. The van der Waals surface area contributed by atoms with Crippen molar-refractivity contribution in [3.63, 3.8) is 0 Å². The molecule has 2 amide bonds. The fourth-order valence-corrected chi connectivity index (χ4v) is 3.64. The van der Waals surface area contributed by atoms with E-state index in [1.54, 1.807) is 23.2 Å². The van der Waals surface area contributed by atoms with E-state index in [0.29, 0.717) is 38.2 Å². The first-order valence-corrected chi connectivity index (χ1v) is 9.73. The van der Waals surface area contributed by atoms with Gasteiger partial charge in [0.05, 0.1) is 23.3 Å². The van der Waals surface area contributed by atoms with Crippen LogP contribution in [0.5, 0.6) is 0 Å². The number of cyclic esters (lactones) is 1. The first-order chi connectivity index (χ1) is 13.8. The second kappa shape index (κ2) is 7.38. The van der Waals surface area contributed by atoms with Crippen LogP contribution in [0, 0.1) is 5.41 Å². The van der Waals surface area contributed by atoms with E-state index in [-0.39, 0.29) is 37.3 Å². The molecule has 4 rings (SSSR count). The maximum Gasteiger partial charge on any atom is 0.407 e. The number of carbonyl (C=O) groups is 2. The fraction of sp³-hybridized carbons (Fsp3) is 0.632. The molecule has 1 aromatic heterocycles. The maximum absolute atomic E-state index is 13.0. The Morgan fingerprint density at radius 3 is 2.66 bits per heavy atom. The highest BCUT2D eigenvalue weighted by Crippen LogP contribution is 2.57. The number of hydrogen-bond donors (Lipinski definition) is 2. The van der Waals surface area contributed by atoms with E-state index in [1.165, 1.54) is 0 Å². The smallest absolute Gasteiger partial charge is 0.407 e. The van der Waals surface area contributed by atoms with Gasteiger partial charge >= 0.3 is 12.3 Å². The molecule has 0 aromatic carbocycles. The molecule has 1 atom stereocenters. The molecule has 0 bridgehead atoms. The SMILES string of the molecule is O=C1N[C@H](CCC(=O)N2CC(c3ccc(NCC4(C(F)(F)F)CC4)cn3)C2)CO1. The molecule has 2 saturated heterocycles. The summed E-state index contributed by atoms with van der Waals surface area (Å²) in [5.74, 6) is 0.162. The second-order valence-electron chi connectivity index (χ2n) is 8.08. The number of pyridine rings is 1. The summed E-state index contributed by atoms with van der Waals surface area (Å²) in [6.07, 6.45) is -1.84. The number of carbonyl (C=O) groups excluding carboxylic acids is 2. The molecular formula is C19H23F3N4O3. The van der Waals surface area contributed by atoms with Gasteiger partial charge < -0.3 is 20.3 Å². The van der Waals surface area contributed by atoms with Crippen LogP contribution >= 0.6 is 0 Å². The van der Waals surface area contributed by atoms with Gasteiger partial charge in [0.25, 0.3) is 0 Å². The van der Waals surface area contributed by atoms with Crippen LogP contribution in [0.4, 0.5) is 23.7 Å². The van der Waals surface area contributed by atoms with E-state index in [4.69, 9.17) is 4.74 Å². The number of rotatable bonds is 7. The number of halogens is 3. The predicted molar refractivity (Wildman–Crippen MR) is 97.3 cm³/mol. The number of amides is 2. The lowest BCUT2D eigenvalue weighted by Crippen LogP contribution is -2.49. The zero-order valence-electron chi connectivity index (χ0n) is 15.8. The highest BCUT2D eigenvalue weighted by molar-refractivity contribution is 5.77. The number of alkyl carbamates (subject to hydrolysis) is 1. The third-order valence-corrected chi connectivity index (χ3v) is 5.97. The van der Waals surface area contributed by atoms with Crippen LogP contribution in [-0.2, 0) is 9.53 Å². The van der Waals surface area contributed by atoms with E-state index >= 15 is 0 Å². The topological polar surface area (TPSA) is 83.6 Å². The average Bonchev–Trinajstić information content (AvgIpc) is 3.33. The number of ether oxygens (including phenoxy) is 1. The molecule has 1 aromatic rings. The van der Waals surface area contributed by atoms with Gasteiger partial charge in [-0.3, -0.25) is 9.78 Å². The molecular weight excluding hydrogens is 389 g/mol. The van der Waals surface area contributed by atoms with Crippen molar-refractivity contribution >= 4 is 17.7 Å². The summed E-state index contributed by atoms with van der Waals surface area (Å²) in [5, 5.41) is 5.49. The van der Waals surface area contributed by atoms with Crippen molar-refractivity contribution in [2.45, 2.75) is 43.8 Å². The molecule has 7 nitrogen and oxygen atoms in total. The first-order valence-electron chi connectivity index (χ1n) is 9.73. The highest BCUT2D eigenvalue weighted by Gasteiger charge is 2.62. The van der Waals surface area contributed by atoms with E-state index in [0.717, 1.165) is 5.69 Å². The molecule has 29 heavy (non-hydrogen) atoms. The minimum Gasteiger partial charge on any atom is -0.447 e. The molecule has 0 spiro atoms. The molecule has 3 fully saturated rings. The van der Waals surface area contributed by atoms with Crippen molar-refractivity contribution < 1.29 is 27.5 Å². The van der Waals surface area contributed by atoms with Crippen molar-refractivity contribution in [2.24, 2.45) is 5.41 Å². The summed E-state index contributed by atoms with van der Waals surface area (Å²) in [7, 11) is 0. The number of alkyl halides is 3. The Bertz CT molecular complexity index is 774. The third kappa shape index (κ3) is 4.25. The first kappa shape index (κ1) is 19.8. The summed E-state index contributed by atoms with van der Waals surface area (Å²) in [6.45, 7) is 1.31. The largest absolute Gasteiger partial charge is 0.447 e. The Morgan fingerprint density at radius 1 is 1.34 bits per heavy atom. The zero-order chi connectivity index (χ0) is 20.6. The minimum absolute atomic E-state index is 0.0302. The summed E-state index contributed by atoms with van der Waals surface area (Å²) < 4.78 is 43.7. The van der Waals surface area contributed by atoms with Gasteiger partial charge in [0.1, 0.15) is 6.61 Å². The summed E-state index contributed by atoms with van der Waals surface area (Å²) >= 11 is 0. The van der Waals surface area contributed by atoms with Gasteiger partial charge in [-0.05, 0) is 31.4 Å². The lowest BCUT2D eigenvalue weighted by Gasteiger charge is -2.39. The molecule has 2 aliphatic heterocycles. The number of anilines is 1. The predicted octanol–water partition coefficient (Wildman–Crippen LogP) is 2.65. The standard InChI is InChI=1S/C19H23F3N4O3/c20-19(21,22)18(5-6-18)11-24-13-1-3-15(23-7-13)12-8-26(9-12)16(27)4-2-14-10-29-17(28)25-14/h1,3,7,12,14,24H,2,4-6,8-11H2,(H,25,28)/t14-/m1/s1. The Kier molecular flexibility index (Phi) is 5.04. The fourth-order valence-electron chi connectivity index (χ4n) is 3.64. The van der Waals surface area contributed by atoms with Crippen LogP contribution in [0.25, 0.3) is 0 Å². The number of aromatic nitrogens is 1. The minimum atomic E-state index is -4.17. The Morgan fingerprint density at radius 2 is 2.10 bits per heavy atom. The van der Waals surface area contributed by atoms with Crippen LogP contribution in [0.2, 0.25) is 0 Å². The van der Waals surface area contributed by atoms with E-state index in [1.807, 2.05) is 0 Å². The van der Waals surface area contributed by atoms with Crippen molar-refractivity contribution in [1.82, 2.24) is 15.2 Å². The molecule has 158 valence electrons. The third-order valence-electron chi connectivity index (χ3n) is 5.97. The lowest BCUT2D eigenvalue weighted by molar-refractivity contribution is -0.182. The quantitative estimate of drug-likeness (QED) is 0.720.